The smallest absolute Gasteiger partial charge is 0.305 e. The number of hydrogen-bond donors (Lipinski definition) is 3. The first-order valence-electron chi connectivity index (χ1n) is 23.4. The van der Waals surface area contributed by atoms with Crippen LogP contribution in [0.4, 0.5) is 5.69 Å². The number of benzene rings is 1. The summed E-state index contributed by atoms with van der Waals surface area (Å²) < 4.78 is 48.5. The van der Waals surface area contributed by atoms with Gasteiger partial charge in [-0.25, -0.2) is 0 Å². The Balaban J connectivity index is 0. The number of unbranched alkanes of at least 4 members (excludes halogenated alkanes) is 2. The highest BCUT2D eigenvalue weighted by Crippen LogP contribution is 2.13. The van der Waals surface area contributed by atoms with Crippen molar-refractivity contribution in [2.75, 3.05) is 131 Å². The van der Waals surface area contributed by atoms with Gasteiger partial charge in [-0.3, -0.25) is 38.5 Å². The zero-order valence-electron chi connectivity index (χ0n) is 40.6. The molecule has 2 atom stereocenters. The number of anilines is 1. The Labute approximate surface area is 404 Å². The van der Waals surface area contributed by atoms with E-state index in [2.05, 4.69) is 16.0 Å². The van der Waals surface area contributed by atoms with E-state index in [1.165, 1.54) is 24.0 Å². The molecular formula is C47H81N5O16. The molecule has 1 heterocycles. The van der Waals surface area contributed by atoms with Crippen LogP contribution in [0.15, 0.2) is 36.4 Å². The van der Waals surface area contributed by atoms with Crippen molar-refractivity contribution in [3.8, 4) is 0 Å². The van der Waals surface area contributed by atoms with Gasteiger partial charge < -0.3 is 63.5 Å². The highest BCUT2D eigenvalue weighted by atomic mass is 16.6. The topological polar surface area (TPSA) is 245 Å². The van der Waals surface area contributed by atoms with E-state index in [0.717, 1.165) is 10.5 Å². The SMILES string of the molecule is CCC(=O)OCc1ccc(NC(=O)[C@H](C)NC(=O)[C@@H](NC(=O)CN(CCOCCOCCOCCOCCOCCOCCOCCOC)C(=O)CCCCCN2C(=O)C=CC2=O)C(C)C)cc1.[HH].[HH].[HH]. The number of amides is 6. The lowest BCUT2D eigenvalue weighted by Crippen LogP contribution is -2.55. The maximum atomic E-state index is 13.4. The van der Waals surface area contributed by atoms with Crippen molar-refractivity contribution in [1.82, 2.24) is 20.4 Å². The van der Waals surface area contributed by atoms with Gasteiger partial charge in [0.2, 0.25) is 23.6 Å². The lowest BCUT2D eigenvalue weighted by molar-refractivity contribution is -0.144. The number of carbonyl (C=O) groups excluding carboxylic acids is 7. The molecule has 0 fully saturated rings. The molecule has 0 saturated carbocycles. The molecule has 0 unspecified atom stereocenters. The Kier molecular flexibility index (Phi) is 32.3. The average Bonchev–Trinajstić information content (AvgIpc) is 3.64. The van der Waals surface area contributed by atoms with Crippen LogP contribution in [0.3, 0.4) is 0 Å². The second-order valence-corrected chi connectivity index (χ2v) is 15.8. The van der Waals surface area contributed by atoms with Gasteiger partial charge in [-0.05, 0) is 43.4 Å². The van der Waals surface area contributed by atoms with Crippen molar-refractivity contribution < 1.29 is 80.5 Å². The number of methoxy groups -OCH3 is 1. The predicted molar refractivity (Wildman–Crippen MR) is 254 cm³/mol. The van der Waals surface area contributed by atoms with E-state index in [1.807, 2.05) is 0 Å². The van der Waals surface area contributed by atoms with E-state index in [9.17, 15) is 33.6 Å². The number of nitrogens with one attached hydrogen (secondary N) is 3. The van der Waals surface area contributed by atoms with Gasteiger partial charge in [0.1, 0.15) is 18.7 Å². The van der Waals surface area contributed by atoms with Gasteiger partial charge in [-0.1, -0.05) is 39.3 Å². The number of nitrogens with zero attached hydrogens (tertiary/aromatic N) is 2. The molecule has 2 rings (SSSR count). The molecule has 390 valence electrons. The van der Waals surface area contributed by atoms with Gasteiger partial charge in [-0.15, -0.1) is 0 Å². The summed E-state index contributed by atoms with van der Waals surface area (Å²) in [6.07, 6.45) is 4.36. The monoisotopic (exact) mass is 972 g/mol. The quantitative estimate of drug-likeness (QED) is 0.0485. The van der Waals surface area contributed by atoms with Gasteiger partial charge in [0.15, 0.2) is 0 Å². The predicted octanol–water partition coefficient (Wildman–Crippen LogP) is 2.54. The molecule has 0 aliphatic carbocycles. The molecular weight excluding hydrogens is 891 g/mol. The largest absolute Gasteiger partial charge is 0.461 e. The third kappa shape index (κ3) is 27.2. The summed E-state index contributed by atoms with van der Waals surface area (Å²) in [5.41, 5.74) is 1.22. The molecule has 1 aromatic carbocycles. The fourth-order valence-corrected chi connectivity index (χ4v) is 6.06. The van der Waals surface area contributed by atoms with Crippen LogP contribution >= 0.6 is 0 Å². The Morgan fingerprint density at radius 1 is 0.647 bits per heavy atom. The molecule has 0 radical (unpaired) electrons. The Bertz CT molecular complexity index is 1660. The molecule has 0 saturated heterocycles. The van der Waals surface area contributed by atoms with Crippen LogP contribution in [0.5, 0.6) is 0 Å². The van der Waals surface area contributed by atoms with E-state index >= 15 is 0 Å². The lowest BCUT2D eigenvalue weighted by Gasteiger charge is -2.26. The van der Waals surface area contributed by atoms with E-state index in [0.29, 0.717) is 104 Å². The molecule has 1 aliphatic heterocycles. The highest BCUT2D eigenvalue weighted by Gasteiger charge is 2.29. The van der Waals surface area contributed by atoms with Crippen molar-refractivity contribution >= 4 is 47.1 Å². The van der Waals surface area contributed by atoms with Gasteiger partial charge in [-0.2, -0.15) is 0 Å². The van der Waals surface area contributed by atoms with Crippen molar-refractivity contribution in [2.45, 2.75) is 78.5 Å². The number of carbonyl (C=O) groups is 7. The van der Waals surface area contributed by atoms with Crippen LogP contribution in [-0.4, -0.2) is 189 Å². The number of imide groups is 1. The number of ether oxygens (including phenoxy) is 9. The average molecular weight is 972 g/mol. The Hall–Kier alpha value is -4.87. The maximum Gasteiger partial charge on any atom is 0.305 e. The molecule has 3 N–H and O–H groups in total. The van der Waals surface area contributed by atoms with Gasteiger partial charge >= 0.3 is 5.97 Å². The fraction of sp³-hybridized carbons (Fsp3) is 0.681. The standard InChI is InChI=1S/C47H75N5O16.3H2/c1-6-44(57)68-35-38-11-13-39(14-12-38)49-46(58)37(4)48-47(59)45(36(2)3)50-40(53)34-51(41(54)10-8-7-9-17-52-42(55)15-16-43(52)56)18-19-61-22-23-63-26-27-65-30-31-67-33-32-66-29-28-64-25-24-62-21-20-60-5;;;/h11-16,36-37,45H,6-10,17-35H2,1-5H3,(H,48,59)(H,49,58)(H,50,53);3*1H/t37-,45-;;;/m0.../s1. The summed E-state index contributed by atoms with van der Waals surface area (Å²) in [7, 11) is 1.62. The summed E-state index contributed by atoms with van der Waals surface area (Å²) in [5.74, 6) is -3.37. The van der Waals surface area contributed by atoms with Gasteiger partial charge in [0, 0.05) is 55.2 Å². The minimum atomic E-state index is -1.02. The summed E-state index contributed by atoms with van der Waals surface area (Å²) in [6.45, 7) is 12.9. The second kappa shape index (κ2) is 37.1. The summed E-state index contributed by atoms with van der Waals surface area (Å²) >= 11 is 0. The molecule has 1 aliphatic rings. The van der Waals surface area contributed by atoms with Crippen molar-refractivity contribution in [3.05, 3.63) is 42.0 Å². The number of esters is 1. The van der Waals surface area contributed by atoms with Crippen LogP contribution in [0, 0.1) is 5.92 Å². The van der Waals surface area contributed by atoms with Crippen molar-refractivity contribution in [1.29, 1.82) is 0 Å². The third-order valence-corrected chi connectivity index (χ3v) is 9.96. The molecule has 0 aromatic heterocycles. The highest BCUT2D eigenvalue weighted by molar-refractivity contribution is 6.12. The molecule has 21 nitrogen and oxygen atoms in total. The minimum absolute atomic E-state index is 0. The zero-order valence-corrected chi connectivity index (χ0v) is 40.6. The maximum absolute atomic E-state index is 13.4. The first kappa shape index (κ1) is 59.3. The molecule has 68 heavy (non-hydrogen) atoms. The summed E-state index contributed by atoms with van der Waals surface area (Å²) in [5, 5.41) is 8.12. The minimum Gasteiger partial charge on any atom is -0.461 e. The summed E-state index contributed by atoms with van der Waals surface area (Å²) in [6, 6.07) is 4.75. The fourth-order valence-electron chi connectivity index (χ4n) is 6.06. The third-order valence-electron chi connectivity index (χ3n) is 9.96. The normalized spacial score (nSPS) is 13.2. The van der Waals surface area contributed by atoms with E-state index in [1.54, 1.807) is 52.1 Å². The first-order chi connectivity index (χ1) is 32.9. The molecule has 0 spiro atoms. The van der Waals surface area contributed by atoms with Crippen molar-refractivity contribution in [3.63, 3.8) is 0 Å². The first-order valence-corrected chi connectivity index (χ1v) is 23.4. The van der Waals surface area contributed by atoms with Crippen molar-refractivity contribution in [2.24, 2.45) is 5.92 Å². The summed E-state index contributed by atoms with van der Waals surface area (Å²) in [4.78, 5) is 90.9. The van der Waals surface area contributed by atoms with Crippen LogP contribution in [0.1, 0.15) is 69.6 Å². The zero-order chi connectivity index (χ0) is 49.8. The number of hydrogen-bond acceptors (Lipinski definition) is 16. The van der Waals surface area contributed by atoms with E-state index in [-0.39, 0.29) is 92.8 Å². The van der Waals surface area contributed by atoms with Crippen LogP contribution < -0.4 is 16.0 Å². The van der Waals surface area contributed by atoms with Crippen LogP contribution in [0.2, 0.25) is 0 Å². The van der Waals surface area contributed by atoms with Crippen LogP contribution in [0.25, 0.3) is 0 Å². The van der Waals surface area contributed by atoms with E-state index in [4.69, 9.17) is 42.6 Å². The van der Waals surface area contributed by atoms with Crippen LogP contribution in [-0.2, 0) is 82.8 Å². The molecule has 6 amide bonds. The molecule has 0 bridgehead atoms. The van der Waals surface area contributed by atoms with Gasteiger partial charge in [0.05, 0.1) is 106 Å². The molecule has 21 heteroatoms. The molecule has 1 aromatic rings. The number of rotatable bonds is 41. The Morgan fingerprint density at radius 2 is 1.15 bits per heavy atom. The Morgan fingerprint density at radius 3 is 1.63 bits per heavy atom. The van der Waals surface area contributed by atoms with Gasteiger partial charge in [0.25, 0.3) is 11.8 Å². The van der Waals surface area contributed by atoms with E-state index < -0.39 is 29.8 Å². The lowest BCUT2D eigenvalue weighted by atomic mass is 10.0. The second-order valence-electron chi connectivity index (χ2n) is 15.8.